The van der Waals surface area contributed by atoms with Gasteiger partial charge in [0.15, 0.2) is 5.96 Å². The molecule has 0 bridgehead atoms. The van der Waals surface area contributed by atoms with E-state index in [1.54, 1.807) is 66.9 Å². The van der Waals surface area contributed by atoms with Crippen LogP contribution in [0.25, 0.3) is 10.9 Å². The molecule has 7 atom stereocenters. The molecule has 0 spiro atoms. The van der Waals surface area contributed by atoms with Crippen molar-refractivity contribution in [3.8, 4) is 0 Å². The van der Waals surface area contributed by atoms with E-state index in [2.05, 4.69) is 47.2 Å². The van der Waals surface area contributed by atoms with E-state index >= 15 is 0 Å². The molecule has 3 aromatic carbocycles. The molecule has 4 rings (SSSR count). The maximum atomic E-state index is 14.4. The number of benzene rings is 3. The van der Waals surface area contributed by atoms with E-state index in [0.717, 1.165) is 22.9 Å². The number of hydrogen-bond donors (Lipinski definition) is 11. The van der Waals surface area contributed by atoms with Crippen LogP contribution < -0.4 is 54.4 Å². The van der Waals surface area contributed by atoms with Crippen molar-refractivity contribution in [2.45, 2.75) is 121 Å². The topological polar surface area (TPSA) is 327 Å². The molecule has 1 aromatic heterocycles. The second-order valence-electron chi connectivity index (χ2n) is 16.9. The fraction of sp³-hybridized carbons (Fsp3) is 0.408. The van der Waals surface area contributed by atoms with Crippen LogP contribution in [0.4, 0.5) is 0 Å². The molecule has 8 amide bonds. The number of primary amides is 1. The standard InChI is InChI=1S/C49H66N12O8/c1-5-6-21-37(57-31(4)62)45(66)55-30(3)44(65)60-40(25-32-16-9-7-10-17-32)48(69)61-41(26-33-18-11-8-12-19-33)47(68)58-38(23-15-24-53-49(51)52)46(67)56-29(2)43(64)59-39(42(50)63)27-34-28-54-36-22-14-13-20-35(34)36/h7-14,16-20,22,28-30,37-41,54H,5-6,15,21,23-27H2,1-4H3,(H2,50,63)(H,55,66)(H,56,67)(H,57,62)(H,58,68)(H,59,64)(H,60,65)(H,61,69)(H4,51,52,53). The number of amides is 8. The Morgan fingerprint density at radius 3 is 1.49 bits per heavy atom. The molecule has 0 fully saturated rings. The van der Waals surface area contributed by atoms with Crippen molar-refractivity contribution in [2.24, 2.45) is 22.2 Å². The molecular weight excluding hydrogens is 885 g/mol. The summed E-state index contributed by atoms with van der Waals surface area (Å²) in [5.41, 5.74) is 19.7. The lowest BCUT2D eigenvalue weighted by molar-refractivity contribution is -0.135. The van der Waals surface area contributed by atoms with Gasteiger partial charge in [0.05, 0.1) is 0 Å². The van der Waals surface area contributed by atoms with Gasteiger partial charge < -0.3 is 59.4 Å². The Morgan fingerprint density at radius 1 is 0.536 bits per heavy atom. The number of carbonyl (C=O) groups excluding carboxylic acids is 8. The van der Waals surface area contributed by atoms with Crippen molar-refractivity contribution in [3.63, 3.8) is 0 Å². The SMILES string of the molecule is CCCCC(NC(C)=O)C(=O)NC(C)C(=O)NC(Cc1ccccc1)C(=O)NC(Cc1ccccc1)C(=O)NC(CCCN=C(N)N)C(=O)NC(C)C(=O)NC(Cc1c[nH]c2ccccc12)C(N)=O. The number of hydrogen-bond acceptors (Lipinski definition) is 9. The van der Waals surface area contributed by atoms with E-state index in [1.165, 1.54) is 20.8 Å². The number of aliphatic imine (C=N–C) groups is 1. The van der Waals surface area contributed by atoms with Gasteiger partial charge in [0.1, 0.15) is 42.3 Å². The molecule has 1 heterocycles. The number of nitrogens with one attached hydrogen (secondary N) is 8. The highest BCUT2D eigenvalue weighted by molar-refractivity contribution is 5.98. The van der Waals surface area contributed by atoms with Crippen molar-refractivity contribution in [3.05, 3.63) is 108 Å². The zero-order chi connectivity index (χ0) is 50.5. The Morgan fingerprint density at radius 2 is 0.986 bits per heavy atom. The quantitative estimate of drug-likeness (QED) is 0.0222. The lowest BCUT2D eigenvalue weighted by Crippen LogP contribution is -2.60. The van der Waals surface area contributed by atoms with Gasteiger partial charge in [-0.2, -0.15) is 0 Å². The second-order valence-corrected chi connectivity index (χ2v) is 16.9. The van der Waals surface area contributed by atoms with Crippen LogP contribution in [0.15, 0.2) is 96.1 Å². The van der Waals surface area contributed by atoms with Crippen LogP contribution in [0.3, 0.4) is 0 Å². The third kappa shape index (κ3) is 17.8. The van der Waals surface area contributed by atoms with Crippen LogP contribution in [-0.4, -0.2) is 107 Å². The van der Waals surface area contributed by atoms with Crippen LogP contribution in [0.2, 0.25) is 0 Å². The first-order chi connectivity index (χ1) is 32.9. The molecular formula is C49H66N12O8. The van der Waals surface area contributed by atoms with Crippen LogP contribution in [0.5, 0.6) is 0 Å². The predicted molar refractivity (Wildman–Crippen MR) is 261 cm³/mol. The molecule has 7 unspecified atom stereocenters. The average Bonchev–Trinajstić information content (AvgIpc) is 3.73. The maximum Gasteiger partial charge on any atom is 0.243 e. The molecule has 0 saturated heterocycles. The molecule has 4 aromatic rings. The highest BCUT2D eigenvalue weighted by Crippen LogP contribution is 2.19. The van der Waals surface area contributed by atoms with Crippen molar-refractivity contribution in [1.29, 1.82) is 0 Å². The van der Waals surface area contributed by atoms with Gasteiger partial charge in [-0.3, -0.25) is 43.3 Å². The maximum absolute atomic E-state index is 14.4. The third-order valence-electron chi connectivity index (χ3n) is 11.2. The zero-order valence-electron chi connectivity index (χ0n) is 39.5. The molecule has 0 radical (unpaired) electrons. The van der Waals surface area contributed by atoms with Crippen LogP contribution in [0.1, 0.15) is 76.5 Å². The second kappa shape index (κ2) is 27.1. The first-order valence-electron chi connectivity index (χ1n) is 23.0. The van der Waals surface area contributed by atoms with Gasteiger partial charge in [-0.1, -0.05) is 98.6 Å². The van der Waals surface area contributed by atoms with Crippen molar-refractivity contribution < 1.29 is 38.4 Å². The number of para-hydroxylation sites is 1. The summed E-state index contributed by atoms with van der Waals surface area (Å²) in [5.74, 6) is -5.60. The van der Waals surface area contributed by atoms with Crippen LogP contribution in [0, 0.1) is 0 Å². The largest absolute Gasteiger partial charge is 0.370 e. The monoisotopic (exact) mass is 951 g/mol. The van der Waals surface area contributed by atoms with E-state index in [9.17, 15) is 38.4 Å². The first-order valence-corrected chi connectivity index (χ1v) is 23.0. The number of rotatable bonds is 27. The number of unbranched alkanes of at least 4 members (excludes halogenated alkanes) is 1. The Bertz CT molecular complexity index is 2410. The molecule has 20 nitrogen and oxygen atoms in total. The first kappa shape index (κ1) is 53.8. The summed E-state index contributed by atoms with van der Waals surface area (Å²) < 4.78 is 0. The summed E-state index contributed by atoms with van der Waals surface area (Å²) >= 11 is 0. The molecule has 0 aliphatic heterocycles. The summed E-state index contributed by atoms with van der Waals surface area (Å²) in [6.07, 6.45) is 3.77. The van der Waals surface area contributed by atoms with Crippen LogP contribution in [-0.2, 0) is 57.6 Å². The highest BCUT2D eigenvalue weighted by atomic mass is 16.2. The molecule has 0 aliphatic rings. The molecule has 20 heteroatoms. The summed E-state index contributed by atoms with van der Waals surface area (Å²) in [4.78, 5) is 115. The van der Waals surface area contributed by atoms with Crippen molar-refractivity contribution in [1.82, 2.24) is 42.2 Å². The molecule has 370 valence electrons. The van der Waals surface area contributed by atoms with Gasteiger partial charge in [0.2, 0.25) is 47.3 Å². The van der Waals surface area contributed by atoms with Crippen molar-refractivity contribution in [2.75, 3.05) is 6.54 Å². The van der Waals surface area contributed by atoms with Gasteiger partial charge in [0.25, 0.3) is 0 Å². The highest BCUT2D eigenvalue weighted by Gasteiger charge is 2.33. The van der Waals surface area contributed by atoms with Crippen molar-refractivity contribution >= 4 is 64.1 Å². The molecule has 69 heavy (non-hydrogen) atoms. The van der Waals surface area contributed by atoms with Gasteiger partial charge in [-0.25, -0.2) is 0 Å². The number of aromatic nitrogens is 1. The minimum atomic E-state index is -1.31. The normalized spacial score (nSPS) is 14.0. The number of nitrogens with two attached hydrogens (primary N) is 3. The number of aromatic amines is 1. The Kier molecular flexibility index (Phi) is 21.2. The summed E-state index contributed by atoms with van der Waals surface area (Å²) in [6, 6.07) is 16.9. The molecule has 0 saturated carbocycles. The smallest absolute Gasteiger partial charge is 0.243 e. The van der Waals surface area contributed by atoms with Gasteiger partial charge in [0, 0.05) is 49.8 Å². The Hall–Kier alpha value is -7.77. The lowest BCUT2D eigenvalue weighted by atomic mass is 10.0. The number of H-pyrrole nitrogens is 1. The number of nitrogens with zero attached hydrogens (tertiary/aromatic N) is 1. The lowest BCUT2D eigenvalue weighted by Gasteiger charge is -2.27. The fourth-order valence-corrected chi connectivity index (χ4v) is 7.45. The third-order valence-corrected chi connectivity index (χ3v) is 11.2. The van der Waals surface area contributed by atoms with E-state index in [0.29, 0.717) is 24.0 Å². The van der Waals surface area contributed by atoms with E-state index in [4.69, 9.17) is 17.2 Å². The van der Waals surface area contributed by atoms with E-state index < -0.39 is 89.6 Å². The van der Waals surface area contributed by atoms with Gasteiger partial charge in [-0.05, 0) is 55.9 Å². The summed E-state index contributed by atoms with van der Waals surface area (Å²) in [7, 11) is 0. The van der Waals surface area contributed by atoms with E-state index in [-0.39, 0.29) is 44.6 Å². The predicted octanol–water partition coefficient (Wildman–Crippen LogP) is 0.378. The summed E-state index contributed by atoms with van der Waals surface area (Å²) in [6.45, 7) is 6.20. The average molecular weight is 951 g/mol. The number of guanidine groups is 1. The van der Waals surface area contributed by atoms with Gasteiger partial charge >= 0.3 is 0 Å². The Labute approximate surface area is 401 Å². The number of fused-ring (bicyclic) bond motifs is 1. The summed E-state index contributed by atoms with van der Waals surface area (Å²) in [5, 5.41) is 19.6. The minimum absolute atomic E-state index is 0.00204. The van der Waals surface area contributed by atoms with Gasteiger partial charge in [-0.15, -0.1) is 0 Å². The Balaban J connectivity index is 1.54. The zero-order valence-corrected chi connectivity index (χ0v) is 39.5. The van der Waals surface area contributed by atoms with E-state index in [1.807, 2.05) is 31.2 Å². The minimum Gasteiger partial charge on any atom is -0.370 e. The fourth-order valence-electron chi connectivity index (χ4n) is 7.45. The number of carbonyl (C=O) groups is 8. The molecule has 14 N–H and O–H groups in total. The molecule has 0 aliphatic carbocycles. The van der Waals surface area contributed by atoms with Crippen LogP contribution >= 0.6 is 0 Å².